The smallest absolute Gasteiger partial charge is 0.204 e. The van der Waals surface area contributed by atoms with Crippen LogP contribution in [0, 0.1) is 19.7 Å². The fourth-order valence-corrected chi connectivity index (χ4v) is 6.39. The molecular weight excluding hydrogens is 492 g/mol. The summed E-state index contributed by atoms with van der Waals surface area (Å²) in [4.78, 5) is 16.6. The van der Waals surface area contributed by atoms with Gasteiger partial charge in [0.15, 0.2) is 0 Å². The number of alkyl halides is 1. The van der Waals surface area contributed by atoms with Crippen LogP contribution in [0.25, 0.3) is 21.2 Å². The van der Waals surface area contributed by atoms with E-state index in [0.29, 0.717) is 28.0 Å². The molecule has 1 aliphatic heterocycles. The number of nitrogens with zero attached hydrogens (tertiary/aromatic N) is 1. The van der Waals surface area contributed by atoms with Gasteiger partial charge in [0, 0.05) is 40.8 Å². The molecule has 1 fully saturated rings. The number of aromatic hydroxyl groups is 1. The van der Waals surface area contributed by atoms with Crippen LogP contribution in [0.2, 0.25) is 0 Å². The highest BCUT2D eigenvalue weighted by Gasteiger charge is 2.25. The van der Waals surface area contributed by atoms with Gasteiger partial charge in [-0.3, -0.25) is 14.1 Å². The first-order valence-electron chi connectivity index (χ1n) is 12.5. The molecule has 0 saturated carbocycles. The van der Waals surface area contributed by atoms with Gasteiger partial charge >= 0.3 is 0 Å². The Kier molecular flexibility index (Phi) is 7.26. The molecule has 0 aliphatic carbocycles. The Morgan fingerprint density at radius 2 is 1.84 bits per heavy atom. The highest BCUT2D eigenvalue weighted by atomic mass is 32.1. The Morgan fingerprint density at radius 1 is 1.11 bits per heavy atom. The van der Waals surface area contributed by atoms with Gasteiger partial charge in [0.25, 0.3) is 0 Å². The topological polar surface area (TPSA) is 49.8 Å². The minimum Gasteiger partial charge on any atom is -0.508 e. The number of aryl methyl sites for hydroxylation is 2. The van der Waals surface area contributed by atoms with Gasteiger partial charge in [0.1, 0.15) is 23.4 Å². The average molecular weight is 522 g/mol. The van der Waals surface area contributed by atoms with Crippen LogP contribution in [0.5, 0.6) is 11.5 Å². The molecule has 192 valence electrons. The highest BCUT2D eigenvalue weighted by molar-refractivity contribution is 7.21. The minimum atomic E-state index is -0.364. The van der Waals surface area contributed by atoms with Gasteiger partial charge in [0.05, 0.1) is 11.6 Å². The van der Waals surface area contributed by atoms with Crippen LogP contribution in [0.1, 0.15) is 39.2 Å². The van der Waals surface area contributed by atoms with E-state index >= 15 is 0 Å². The third-order valence-electron chi connectivity index (χ3n) is 6.89. The third kappa shape index (κ3) is 5.24. The molecule has 2 heterocycles. The average Bonchev–Trinajstić information content (AvgIpc) is 3.46. The van der Waals surface area contributed by atoms with E-state index in [1.54, 1.807) is 26.0 Å². The second-order valence-electron chi connectivity index (χ2n) is 9.63. The molecule has 0 bridgehead atoms. The Balaban J connectivity index is 1.48. The lowest BCUT2D eigenvalue weighted by Crippen LogP contribution is -2.26. The first-order chi connectivity index (χ1) is 17.8. The summed E-state index contributed by atoms with van der Waals surface area (Å²) in [5.41, 5.74) is 3.33. The van der Waals surface area contributed by atoms with Crippen molar-refractivity contribution in [3.05, 3.63) is 82.0 Å². The first-order valence-corrected chi connectivity index (χ1v) is 13.3. The van der Waals surface area contributed by atoms with Crippen molar-refractivity contribution in [2.75, 3.05) is 26.3 Å². The maximum Gasteiger partial charge on any atom is 0.204 e. The molecule has 1 unspecified atom stereocenters. The van der Waals surface area contributed by atoms with Crippen LogP contribution < -0.4 is 4.74 Å². The molecule has 1 atom stereocenters. The van der Waals surface area contributed by atoms with Crippen LogP contribution in [0.3, 0.4) is 0 Å². The lowest BCUT2D eigenvalue weighted by atomic mass is 9.94. The number of ether oxygens (including phenoxy) is 1. The predicted octanol–water partition coefficient (Wildman–Crippen LogP) is 7.07. The van der Waals surface area contributed by atoms with Gasteiger partial charge in [-0.1, -0.05) is 12.1 Å². The number of carbonyl (C=O) groups is 1. The van der Waals surface area contributed by atoms with Crippen molar-refractivity contribution in [3.8, 4) is 22.6 Å². The van der Waals surface area contributed by atoms with Crippen molar-refractivity contribution in [1.29, 1.82) is 0 Å². The lowest BCUT2D eigenvalue weighted by Gasteiger charge is -2.16. The number of hydrogen-bond acceptors (Lipinski definition) is 5. The van der Waals surface area contributed by atoms with E-state index in [4.69, 9.17) is 4.74 Å². The maximum atomic E-state index is 13.9. The number of likely N-dealkylation sites (tertiary alicyclic amines) is 1. The molecular formula is C30H29F2NO3S. The number of rotatable bonds is 8. The zero-order chi connectivity index (χ0) is 26.1. The number of benzene rings is 3. The van der Waals surface area contributed by atoms with Crippen molar-refractivity contribution < 1.29 is 23.4 Å². The summed E-state index contributed by atoms with van der Waals surface area (Å²) in [5.74, 6) is 0.354. The highest BCUT2D eigenvalue weighted by Crippen LogP contribution is 2.42. The first kappa shape index (κ1) is 25.4. The predicted molar refractivity (Wildman–Crippen MR) is 144 cm³/mol. The van der Waals surface area contributed by atoms with Crippen molar-refractivity contribution in [3.63, 3.8) is 0 Å². The summed E-state index contributed by atoms with van der Waals surface area (Å²) >= 11 is 1.33. The van der Waals surface area contributed by atoms with E-state index < -0.39 is 0 Å². The van der Waals surface area contributed by atoms with E-state index in [1.165, 1.54) is 23.5 Å². The number of phenols is 1. The second kappa shape index (κ2) is 10.6. The third-order valence-corrected chi connectivity index (χ3v) is 8.04. The number of ketones is 1. The fourth-order valence-electron chi connectivity index (χ4n) is 5.19. The molecule has 0 radical (unpaired) electrons. The largest absolute Gasteiger partial charge is 0.508 e. The van der Waals surface area contributed by atoms with Crippen molar-refractivity contribution in [1.82, 2.24) is 4.90 Å². The Hall–Kier alpha value is -3.29. The Morgan fingerprint density at radius 3 is 2.54 bits per heavy atom. The van der Waals surface area contributed by atoms with Gasteiger partial charge < -0.3 is 9.84 Å². The van der Waals surface area contributed by atoms with E-state index in [1.807, 2.05) is 30.3 Å². The molecule has 37 heavy (non-hydrogen) atoms. The van der Waals surface area contributed by atoms with Crippen LogP contribution in [0.4, 0.5) is 8.78 Å². The molecule has 0 amide bonds. The van der Waals surface area contributed by atoms with E-state index in [9.17, 15) is 18.7 Å². The van der Waals surface area contributed by atoms with Crippen LogP contribution in [-0.4, -0.2) is 48.2 Å². The minimum absolute atomic E-state index is 0.0666. The molecule has 1 aliphatic rings. The molecule has 1 aromatic heterocycles. The summed E-state index contributed by atoms with van der Waals surface area (Å²) < 4.78 is 33.4. The standard InChI is InChI=1S/C30H29F2NO3S/c1-18-14-21(32)15-19(2)27(18)29(35)30-28(25-9-6-22(34)16-26(25)37-30)20-4-7-23(8-5-20)36-24-10-13-33(17-24)12-3-11-31/h4-9,14-16,24,34H,3,10-13,17H2,1-2H3. The molecule has 4 nitrogen and oxygen atoms in total. The number of hydrogen-bond donors (Lipinski definition) is 1. The van der Waals surface area contributed by atoms with Crippen LogP contribution in [0.15, 0.2) is 54.6 Å². The van der Waals surface area contributed by atoms with E-state index in [0.717, 1.165) is 53.0 Å². The number of fused-ring (bicyclic) bond motifs is 1. The van der Waals surface area contributed by atoms with E-state index in [2.05, 4.69) is 4.90 Å². The number of thiophene rings is 1. The van der Waals surface area contributed by atoms with Gasteiger partial charge in [-0.05, 0) is 85.8 Å². The van der Waals surface area contributed by atoms with Crippen molar-refractivity contribution in [2.24, 2.45) is 0 Å². The zero-order valence-electron chi connectivity index (χ0n) is 20.9. The van der Waals surface area contributed by atoms with Crippen molar-refractivity contribution >= 4 is 27.2 Å². The molecule has 4 aromatic rings. The normalized spacial score (nSPS) is 15.9. The summed E-state index contributed by atoms with van der Waals surface area (Å²) in [6.45, 7) is 5.64. The summed E-state index contributed by atoms with van der Waals surface area (Å²) in [5, 5.41) is 10.9. The van der Waals surface area contributed by atoms with Gasteiger partial charge in [-0.2, -0.15) is 0 Å². The summed E-state index contributed by atoms with van der Waals surface area (Å²) in [6, 6.07) is 15.6. The number of phenolic OH excluding ortho intramolecular Hbond substituents is 1. The molecule has 1 N–H and O–H groups in total. The Labute approximate surface area is 219 Å². The quantitative estimate of drug-likeness (QED) is 0.252. The number of halogens is 2. The number of carbonyl (C=O) groups excluding carboxylic acids is 1. The Bertz CT molecular complexity index is 1420. The lowest BCUT2D eigenvalue weighted by molar-refractivity contribution is 0.104. The van der Waals surface area contributed by atoms with Crippen LogP contribution >= 0.6 is 11.3 Å². The molecule has 0 spiro atoms. The van der Waals surface area contributed by atoms with Crippen molar-refractivity contribution in [2.45, 2.75) is 32.8 Å². The van der Waals surface area contributed by atoms with Gasteiger partial charge in [-0.15, -0.1) is 11.3 Å². The van der Waals surface area contributed by atoms with Gasteiger partial charge in [0.2, 0.25) is 5.78 Å². The maximum absolute atomic E-state index is 13.9. The zero-order valence-corrected chi connectivity index (χ0v) is 21.7. The fraction of sp³-hybridized carbons (Fsp3) is 0.300. The summed E-state index contributed by atoms with van der Waals surface area (Å²) in [6.07, 6.45) is 1.52. The molecule has 5 rings (SSSR count). The molecule has 7 heteroatoms. The monoisotopic (exact) mass is 521 g/mol. The summed E-state index contributed by atoms with van der Waals surface area (Å²) in [7, 11) is 0. The van der Waals surface area contributed by atoms with E-state index in [-0.39, 0.29) is 30.1 Å². The van der Waals surface area contributed by atoms with Crippen LogP contribution in [-0.2, 0) is 0 Å². The molecule has 1 saturated heterocycles. The second-order valence-corrected chi connectivity index (χ2v) is 10.7. The molecule has 3 aromatic carbocycles. The SMILES string of the molecule is Cc1cc(F)cc(C)c1C(=O)c1sc2cc(O)ccc2c1-c1ccc(OC2CCN(CCCF)C2)cc1. The van der Waals surface area contributed by atoms with Gasteiger partial charge in [-0.25, -0.2) is 4.39 Å².